The number of nitrogens with two attached hydrogens (primary N) is 2. The van der Waals surface area contributed by atoms with Gasteiger partial charge in [-0.25, -0.2) is 4.39 Å². The summed E-state index contributed by atoms with van der Waals surface area (Å²) in [6.45, 7) is 1.70. The van der Waals surface area contributed by atoms with Crippen LogP contribution in [0.1, 0.15) is 12.5 Å². The zero-order valence-corrected chi connectivity index (χ0v) is 15.5. The summed E-state index contributed by atoms with van der Waals surface area (Å²) >= 11 is 1.48. The lowest BCUT2D eigenvalue weighted by atomic mass is 10.1. The van der Waals surface area contributed by atoms with E-state index >= 15 is 0 Å². The summed E-state index contributed by atoms with van der Waals surface area (Å²) in [5.41, 5.74) is 13.0. The van der Waals surface area contributed by atoms with Gasteiger partial charge in [-0.05, 0) is 48.9 Å². The summed E-state index contributed by atoms with van der Waals surface area (Å²) in [4.78, 5) is 14.5. The first kappa shape index (κ1) is 18.9. The Bertz CT molecular complexity index is 855. The van der Waals surface area contributed by atoms with Gasteiger partial charge in [0.25, 0.3) is 0 Å². The largest absolute Gasteiger partial charge is 0.508 e. The molecular formula is C19H21FN4O2S. The van der Waals surface area contributed by atoms with Crippen molar-refractivity contribution in [3.63, 3.8) is 0 Å². The van der Waals surface area contributed by atoms with Crippen LogP contribution in [0.5, 0.6) is 5.75 Å². The zero-order valence-electron chi connectivity index (χ0n) is 14.7. The molecule has 1 amide bonds. The number of hydrogen-bond donors (Lipinski definition) is 4. The van der Waals surface area contributed by atoms with Gasteiger partial charge in [-0.3, -0.25) is 4.79 Å². The van der Waals surface area contributed by atoms with Crippen LogP contribution in [0.4, 0.5) is 10.1 Å². The van der Waals surface area contributed by atoms with Crippen molar-refractivity contribution < 1.29 is 14.3 Å². The van der Waals surface area contributed by atoms with Gasteiger partial charge in [-0.1, -0.05) is 23.9 Å². The fourth-order valence-electron chi connectivity index (χ4n) is 2.82. The maximum Gasteiger partial charge on any atom is 0.239 e. The third-order valence-electron chi connectivity index (χ3n) is 4.34. The number of thioether (sulfide) groups is 1. The van der Waals surface area contributed by atoms with Crippen LogP contribution in [0.3, 0.4) is 0 Å². The van der Waals surface area contributed by atoms with Gasteiger partial charge in [-0.15, -0.1) is 0 Å². The monoisotopic (exact) mass is 388 g/mol. The molecule has 6 N–H and O–H groups in total. The molecule has 142 valence electrons. The van der Waals surface area contributed by atoms with Gasteiger partial charge in [0.15, 0.2) is 5.50 Å². The number of carbonyl (C=O) groups is 1. The molecule has 0 aromatic heterocycles. The molecule has 0 aliphatic carbocycles. The van der Waals surface area contributed by atoms with Gasteiger partial charge in [-0.2, -0.15) is 0 Å². The van der Waals surface area contributed by atoms with Gasteiger partial charge in [0, 0.05) is 17.0 Å². The lowest BCUT2D eigenvalue weighted by Crippen LogP contribution is -2.51. The minimum absolute atomic E-state index is 0.202. The number of aromatic hydroxyl groups is 1. The van der Waals surface area contributed by atoms with E-state index < -0.39 is 11.9 Å². The number of hydrogen-bond acceptors (Lipinski definition) is 6. The molecule has 6 nitrogen and oxygen atoms in total. The zero-order chi connectivity index (χ0) is 19.6. The Balaban J connectivity index is 1.81. The van der Waals surface area contributed by atoms with E-state index in [2.05, 4.69) is 5.32 Å². The third-order valence-corrected chi connectivity index (χ3v) is 5.56. The highest BCUT2D eigenvalue weighted by atomic mass is 32.2. The van der Waals surface area contributed by atoms with Gasteiger partial charge in [0.2, 0.25) is 5.91 Å². The fourth-order valence-corrected chi connectivity index (χ4v) is 4.13. The molecule has 2 aromatic carbocycles. The van der Waals surface area contributed by atoms with Gasteiger partial charge >= 0.3 is 0 Å². The smallest absolute Gasteiger partial charge is 0.239 e. The lowest BCUT2D eigenvalue weighted by molar-refractivity contribution is -0.119. The average molecular weight is 388 g/mol. The number of phenols is 1. The summed E-state index contributed by atoms with van der Waals surface area (Å²) in [6.07, 6.45) is 0.586. The van der Waals surface area contributed by atoms with Crippen LogP contribution in [-0.2, 0) is 11.2 Å². The third kappa shape index (κ3) is 4.28. The summed E-state index contributed by atoms with van der Waals surface area (Å²) in [5, 5.41) is 12.6. The molecule has 27 heavy (non-hydrogen) atoms. The molecule has 8 heteroatoms. The minimum atomic E-state index is -0.624. The van der Waals surface area contributed by atoms with Gasteiger partial charge in [0.05, 0.1) is 0 Å². The number of nitrogens with zero attached hydrogens (tertiary/aromatic N) is 1. The number of benzene rings is 2. The second-order valence-electron chi connectivity index (χ2n) is 6.26. The van der Waals surface area contributed by atoms with E-state index in [9.17, 15) is 14.3 Å². The number of nitrogens with one attached hydrogen (secondary N) is 1. The Hall–Kier alpha value is -2.87. The molecule has 1 aliphatic heterocycles. The highest BCUT2D eigenvalue weighted by Crippen LogP contribution is 2.36. The average Bonchev–Trinajstić information content (AvgIpc) is 2.98. The fraction of sp³-hybridized carbons (Fsp3) is 0.211. The number of primary amides is 1. The Morgan fingerprint density at radius 1 is 1.26 bits per heavy atom. The Kier molecular flexibility index (Phi) is 5.46. The van der Waals surface area contributed by atoms with Crippen molar-refractivity contribution in [2.24, 2.45) is 11.5 Å². The lowest BCUT2D eigenvalue weighted by Gasteiger charge is -2.34. The van der Waals surface area contributed by atoms with E-state index in [-0.39, 0.29) is 17.1 Å². The number of halogens is 1. The van der Waals surface area contributed by atoms with Crippen LogP contribution in [0.25, 0.3) is 0 Å². The van der Waals surface area contributed by atoms with Gasteiger partial charge in [0.1, 0.15) is 23.4 Å². The normalized spacial score (nSPS) is 17.5. The van der Waals surface area contributed by atoms with Crippen LogP contribution in [0.15, 0.2) is 59.3 Å². The van der Waals surface area contributed by atoms with E-state index in [1.54, 1.807) is 36.1 Å². The van der Waals surface area contributed by atoms with Crippen LogP contribution >= 0.6 is 11.8 Å². The van der Waals surface area contributed by atoms with Crippen LogP contribution < -0.4 is 21.7 Å². The van der Waals surface area contributed by atoms with E-state index in [0.29, 0.717) is 17.9 Å². The van der Waals surface area contributed by atoms with Crippen molar-refractivity contribution in [2.75, 3.05) is 4.90 Å². The van der Waals surface area contributed by atoms with E-state index in [1.807, 2.05) is 12.1 Å². The predicted molar refractivity (Wildman–Crippen MR) is 105 cm³/mol. The van der Waals surface area contributed by atoms with E-state index in [0.717, 1.165) is 10.5 Å². The Labute approximate surface area is 161 Å². The number of phenolic OH excluding ortho intramolecular Hbond substituents is 1. The number of amides is 1. The summed E-state index contributed by atoms with van der Waals surface area (Å²) in [7, 11) is 0. The maximum atomic E-state index is 13.3. The molecule has 2 aromatic rings. The molecule has 1 aliphatic rings. The molecule has 0 fully saturated rings. The highest BCUT2D eigenvalue weighted by molar-refractivity contribution is 8.04. The minimum Gasteiger partial charge on any atom is -0.508 e. The second-order valence-corrected chi connectivity index (χ2v) is 7.43. The van der Waals surface area contributed by atoms with Crippen molar-refractivity contribution in [2.45, 2.75) is 24.9 Å². The number of allylic oxidation sites excluding steroid dienone is 1. The quantitative estimate of drug-likeness (QED) is 0.605. The van der Waals surface area contributed by atoms with E-state index in [4.69, 9.17) is 11.5 Å². The van der Waals surface area contributed by atoms with Gasteiger partial charge < -0.3 is 26.8 Å². The molecule has 0 saturated heterocycles. The van der Waals surface area contributed by atoms with Crippen LogP contribution in [0, 0.1) is 5.82 Å². The van der Waals surface area contributed by atoms with E-state index in [1.165, 1.54) is 23.9 Å². The van der Waals surface area contributed by atoms with Crippen molar-refractivity contribution in [1.82, 2.24) is 5.32 Å². The molecule has 0 bridgehead atoms. The second kappa shape index (κ2) is 7.79. The molecule has 1 heterocycles. The molecule has 0 radical (unpaired) electrons. The molecule has 0 saturated carbocycles. The number of carbonyl (C=O) groups excluding carboxylic acids is 1. The van der Waals surface area contributed by atoms with Crippen LogP contribution in [-0.4, -0.2) is 22.6 Å². The standard InChI is InChI=1S/C19H21FN4O2S/c1-11(18(22)26)24(14-6-4-13(20)5-7-14)19-23-17(21)16(27-19)10-12-2-8-15(25)9-3-12/h2-9,11,19,23,25H,10,21H2,1H3,(H2,22,26). The summed E-state index contributed by atoms with van der Waals surface area (Å²) in [6, 6.07) is 12.2. The number of anilines is 1. The topological polar surface area (TPSA) is 105 Å². The van der Waals surface area contributed by atoms with Crippen LogP contribution in [0.2, 0.25) is 0 Å². The molecular weight excluding hydrogens is 367 g/mol. The first-order chi connectivity index (χ1) is 12.8. The first-order valence-corrected chi connectivity index (χ1v) is 9.26. The molecule has 2 atom stereocenters. The predicted octanol–water partition coefficient (Wildman–Crippen LogP) is 2.20. The molecule has 2 unspecified atom stereocenters. The van der Waals surface area contributed by atoms with Crippen molar-refractivity contribution in [3.05, 3.63) is 70.6 Å². The van der Waals surface area contributed by atoms with Crippen molar-refractivity contribution in [1.29, 1.82) is 0 Å². The highest BCUT2D eigenvalue weighted by Gasteiger charge is 2.33. The molecule has 0 spiro atoms. The number of rotatable bonds is 6. The SMILES string of the molecule is CC(C(N)=O)N(c1ccc(F)cc1)C1NC(N)=C(Cc2ccc(O)cc2)S1. The van der Waals surface area contributed by atoms with Crippen molar-refractivity contribution in [3.8, 4) is 5.75 Å². The first-order valence-electron chi connectivity index (χ1n) is 8.38. The Morgan fingerprint density at radius 2 is 1.89 bits per heavy atom. The molecule has 3 rings (SSSR count). The van der Waals surface area contributed by atoms with Crippen molar-refractivity contribution >= 4 is 23.4 Å². The maximum absolute atomic E-state index is 13.3. The Morgan fingerprint density at radius 3 is 2.48 bits per heavy atom. The summed E-state index contributed by atoms with van der Waals surface area (Å²) < 4.78 is 13.3. The summed E-state index contributed by atoms with van der Waals surface area (Å²) in [5.74, 6) is -0.134.